The molecule has 1 aromatic rings. The Morgan fingerprint density at radius 3 is 2.61 bits per heavy atom. The maximum absolute atomic E-state index is 12.5. The van der Waals surface area contributed by atoms with Gasteiger partial charge in [-0.1, -0.05) is 0 Å². The molecule has 8 nitrogen and oxygen atoms in total. The number of hydrogen-bond acceptors (Lipinski definition) is 5. The third kappa shape index (κ3) is 5.02. The van der Waals surface area contributed by atoms with E-state index in [2.05, 4.69) is 4.72 Å². The number of nitrogens with one attached hydrogen (secondary N) is 1. The molecule has 1 atom stereocenters. The third-order valence-electron chi connectivity index (χ3n) is 5.30. The predicted octanol–water partition coefficient (Wildman–Crippen LogP) is 0.835. The number of methoxy groups -OCH3 is 1. The number of ether oxygens (including phenoxy) is 1. The minimum atomic E-state index is -3.61. The fourth-order valence-electron chi connectivity index (χ4n) is 3.66. The second kappa shape index (κ2) is 8.91. The van der Waals surface area contributed by atoms with Gasteiger partial charge in [-0.15, -0.1) is 0 Å². The average Bonchev–Trinajstić information content (AvgIpc) is 3.11. The van der Waals surface area contributed by atoms with Gasteiger partial charge in [0.05, 0.1) is 18.6 Å². The highest BCUT2D eigenvalue weighted by molar-refractivity contribution is 7.89. The van der Waals surface area contributed by atoms with Gasteiger partial charge >= 0.3 is 0 Å². The lowest BCUT2D eigenvalue weighted by atomic mass is 9.98. The zero-order valence-electron chi connectivity index (χ0n) is 16.1. The normalized spacial score (nSPS) is 20.5. The summed E-state index contributed by atoms with van der Waals surface area (Å²) < 4.78 is 32.7. The number of sulfonamides is 1. The molecular formula is C19H27N3O5S. The Morgan fingerprint density at radius 2 is 1.96 bits per heavy atom. The van der Waals surface area contributed by atoms with Crippen molar-refractivity contribution in [1.29, 1.82) is 0 Å². The minimum absolute atomic E-state index is 0.0363. The van der Waals surface area contributed by atoms with Crippen LogP contribution in [-0.2, 0) is 19.6 Å². The van der Waals surface area contributed by atoms with E-state index in [4.69, 9.17) is 4.74 Å². The molecule has 1 unspecified atom stereocenters. The second-order valence-corrected chi connectivity index (χ2v) is 9.06. The Kier molecular flexibility index (Phi) is 6.56. The summed E-state index contributed by atoms with van der Waals surface area (Å²) in [6, 6.07) is 6.22. The number of carbonyl (C=O) groups excluding carboxylic acids is 2. The zero-order chi connectivity index (χ0) is 20.1. The summed E-state index contributed by atoms with van der Waals surface area (Å²) in [6.07, 6.45) is 3.01. The lowest BCUT2D eigenvalue weighted by Gasteiger charge is -2.33. The van der Waals surface area contributed by atoms with Crippen LogP contribution >= 0.6 is 0 Å². The van der Waals surface area contributed by atoms with Crippen molar-refractivity contribution in [3.8, 4) is 5.75 Å². The van der Waals surface area contributed by atoms with Crippen LogP contribution in [0.3, 0.4) is 0 Å². The molecule has 154 valence electrons. The summed E-state index contributed by atoms with van der Waals surface area (Å²) in [5, 5.41) is 0. The molecule has 2 aliphatic heterocycles. The van der Waals surface area contributed by atoms with E-state index in [0.717, 1.165) is 19.3 Å². The molecule has 0 radical (unpaired) electrons. The minimum Gasteiger partial charge on any atom is -0.497 e. The van der Waals surface area contributed by atoms with Crippen LogP contribution in [0.5, 0.6) is 5.75 Å². The third-order valence-corrected chi connectivity index (χ3v) is 6.74. The van der Waals surface area contributed by atoms with E-state index >= 15 is 0 Å². The van der Waals surface area contributed by atoms with Gasteiger partial charge in [0.15, 0.2) is 0 Å². The highest BCUT2D eigenvalue weighted by Crippen LogP contribution is 2.19. The van der Waals surface area contributed by atoms with Crippen LogP contribution in [0.25, 0.3) is 0 Å². The van der Waals surface area contributed by atoms with Crippen LogP contribution in [0, 0.1) is 5.92 Å². The monoisotopic (exact) mass is 409 g/mol. The number of benzene rings is 1. The number of nitrogens with zero attached hydrogens (tertiary/aromatic N) is 2. The summed E-state index contributed by atoms with van der Waals surface area (Å²) in [6.45, 7) is 2.21. The van der Waals surface area contributed by atoms with Gasteiger partial charge in [-0.25, -0.2) is 13.1 Å². The van der Waals surface area contributed by atoms with Crippen molar-refractivity contribution in [1.82, 2.24) is 14.5 Å². The Labute approximate surface area is 165 Å². The Balaban J connectivity index is 1.52. The van der Waals surface area contributed by atoms with E-state index in [-0.39, 0.29) is 35.7 Å². The van der Waals surface area contributed by atoms with E-state index in [1.54, 1.807) is 21.9 Å². The number of rotatable bonds is 7. The summed E-state index contributed by atoms with van der Waals surface area (Å²) in [4.78, 5) is 27.8. The van der Waals surface area contributed by atoms with Crippen LogP contribution in [0.2, 0.25) is 0 Å². The van der Waals surface area contributed by atoms with E-state index in [1.165, 1.54) is 19.2 Å². The maximum Gasteiger partial charge on any atom is 0.242 e. The Bertz CT molecular complexity index is 809. The van der Waals surface area contributed by atoms with Crippen LogP contribution in [0.1, 0.15) is 25.7 Å². The van der Waals surface area contributed by atoms with Crippen molar-refractivity contribution in [3.05, 3.63) is 24.3 Å². The van der Waals surface area contributed by atoms with E-state index < -0.39 is 10.0 Å². The number of piperidine rings is 1. The van der Waals surface area contributed by atoms with Gasteiger partial charge in [-0.05, 0) is 49.4 Å². The highest BCUT2D eigenvalue weighted by Gasteiger charge is 2.28. The standard InChI is InChI=1S/C19H27N3O5S/c1-27-16-6-8-17(9-7-16)28(25,26)20-12-15-4-2-10-21(13-15)19(24)14-22-11-3-5-18(22)23/h6-9,15,20H,2-5,10-14H2,1H3. The number of hydrogen-bond donors (Lipinski definition) is 1. The average molecular weight is 410 g/mol. The maximum atomic E-state index is 12.5. The van der Waals surface area contributed by atoms with Crippen molar-refractivity contribution in [2.24, 2.45) is 5.92 Å². The van der Waals surface area contributed by atoms with E-state index in [0.29, 0.717) is 31.8 Å². The zero-order valence-corrected chi connectivity index (χ0v) is 16.9. The molecule has 9 heteroatoms. The Hall–Kier alpha value is -2.13. The van der Waals surface area contributed by atoms with Crippen LogP contribution in [-0.4, -0.2) is 69.9 Å². The van der Waals surface area contributed by atoms with Crippen molar-refractivity contribution in [3.63, 3.8) is 0 Å². The van der Waals surface area contributed by atoms with Crippen LogP contribution in [0.4, 0.5) is 0 Å². The summed E-state index contributed by atoms with van der Waals surface area (Å²) in [7, 11) is -2.08. The van der Waals surface area contributed by atoms with Crippen molar-refractivity contribution in [2.75, 3.05) is 39.8 Å². The highest BCUT2D eigenvalue weighted by atomic mass is 32.2. The van der Waals surface area contributed by atoms with Crippen LogP contribution < -0.4 is 9.46 Å². The fraction of sp³-hybridized carbons (Fsp3) is 0.579. The summed E-state index contributed by atoms with van der Waals surface area (Å²) >= 11 is 0. The van der Waals surface area contributed by atoms with Crippen molar-refractivity contribution < 1.29 is 22.7 Å². The molecular weight excluding hydrogens is 382 g/mol. The second-order valence-electron chi connectivity index (χ2n) is 7.29. The SMILES string of the molecule is COc1ccc(S(=O)(=O)NCC2CCCN(C(=O)CN3CCCC3=O)C2)cc1. The first-order valence-electron chi connectivity index (χ1n) is 9.58. The van der Waals surface area contributed by atoms with Gasteiger partial charge in [0.1, 0.15) is 5.75 Å². The van der Waals surface area contributed by atoms with Crippen molar-refractivity contribution in [2.45, 2.75) is 30.6 Å². The Morgan fingerprint density at radius 1 is 1.21 bits per heavy atom. The smallest absolute Gasteiger partial charge is 0.242 e. The first kappa shape index (κ1) is 20.6. The van der Waals surface area contributed by atoms with Crippen molar-refractivity contribution >= 4 is 21.8 Å². The molecule has 0 spiro atoms. The van der Waals surface area contributed by atoms with Gasteiger partial charge in [0, 0.05) is 32.6 Å². The quantitative estimate of drug-likeness (QED) is 0.720. The predicted molar refractivity (Wildman–Crippen MR) is 103 cm³/mol. The molecule has 1 N–H and O–H groups in total. The summed E-state index contributed by atoms with van der Waals surface area (Å²) in [5.74, 6) is 0.629. The molecule has 0 aromatic heterocycles. The van der Waals surface area contributed by atoms with Gasteiger partial charge in [-0.2, -0.15) is 0 Å². The topological polar surface area (TPSA) is 96.0 Å². The van der Waals surface area contributed by atoms with Crippen LogP contribution in [0.15, 0.2) is 29.2 Å². The molecule has 2 fully saturated rings. The summed E-state index contributed by atoms with van der Waals surface area (Å²) in [5.41, 5.74) is 0. The molecule has 3 rings (SSSR count). The largest absolute Gasteiger partial charge is 0.497 e. The van der Waals surface area contributed by atoms with Gasteiger partial charge in [-0.3, -0.25) is 9.59 Å². The number of likely N-dealkylation sites (tertiary alicyclic amines) is 2. The van der Waals surface area contributed by atoms with E-state index in [1.807, 2.05) is 0 Å². The lowest BCUT2D eigenvalue weighted by molar-refractivity contribution is -0.139. The van der Waals surface area contributed by atoms with Gasteiger partial charge in [0.25, 0.3) is 0 Å². The first-order chi connectivity index (χ1) is 13.4. The molecule has 2 saturated heterocycles. The molecule has 2 aliphatic rings. The molecule has 0 saturated carbocycles. The number of amides is 2. The van der Waals surface area contributed by atoms with Gasteiger partial charge < -0.3 is 14.5 Å². The first-order valence-corrected chi connectivity index (χ1v) is 11.1. The molecule has 2 heterocycles. The number of carbonyl (C=O) groups is 2. The lowest BCUT2D eigenvalue weighted by Crippen LogP contribution is -2.47. The van der Waals surface area contributed by atoms with Gasteiger partial charge in [0.2, 0.25) is 21.8 Å². The molecule has 28 heavy (non-hydrogen) atoms. The molecule has 1 aromatic carbocycles. The fourth-order valence-corrected chi connectivity index (χ4v) is 4.77. The molecule has 2 amide bonds. The molecule has 0 aliphatic carbocycles. The molecule has 0 bridgehead atoms. The van der Waals surface area contributed by atoms with E-state index in [9.17, 15) is 18.0 Å².